The number of carbonyl (C=O) groups excluding carboxylic acids is 1. The first kappa shape index (κ1) is 18.6. The van der Waals surface area contributed by atoms with Crippen molar-refractivity contribution in [2.45, 2.75) is 31.2 Å². The quantitative estimate of drug-likeness (QED) is 0.529. The number of aromatic amines is 1. The zero-order valence-electron chi connectivity index (χ0n) is 16.0. The molecular weight excluding hydrogens is 348 g/mol. The summed E-state index contributed by atoms with van der Waals surface area (Å²) in [5.74, 6) is 0.473. The first-order valence-corrected chi connectivity index (χ1v) is 10.1. The van der Waals surface area contributed by atoms with Gasteiger partial charge >= 0.3 is 6.03 Å². The van der Waals surface area contributed by atoms with E-state index in [4.69, 9.17) is 5.73 Å². The number of nitrogens with two attached hydrogens (primary N) is 1. The number of hydrogen-bond donors (Lipinski definition) is 4. The lowest BCUT2D eigenvalue weighted by Gasteiger charge is -2.22. The van der Waals surface area contributed by atoms with Gasteiger partial charge in [-0.1, -0.05) is 55.0 Å². The highest BCUT2D eigenvalue weighted by Gasteiger charge is 2.27. The Morgan fingerprint density at radius 3 is 2.71 bits per heavy atom. The Morgan fingerprint density at radius 1 is 1.11 bits per heavy atom. The van der Waals surface area contributed by atoms with E-state index in [1.54, 1.807) is 0 Å². The van der Waals surface area contributed by atoms with Gasteiger partial charge in [0.15, 0.2) is 0 Å². The molecule has 0 spiro atoms. The van der Waals surface area contributed by atoms with Crippen LogP contribution in [0.15, 0.2) is 60.8 Å². The fraction of sp³-hybridized carbons (Fsp3) is 0.348. The first-order chi connectivity index (χ1) is 13.8. The molecule has 5 nitrogen and oxygen atoms in total. The molecule has 3 aromatic rings. The number of aromatic nitrogens is 1. The molecule has 1 saturated carbocycles. The lowest BCUT2D eigenvalue weighted by atomic mass is 9.91. The van der Waals surface area contributed by atoms with E-state index in [2.05, 4.69) is 52.1 Å². The molecule has 28 heavy (non-hydrogen) atoms. The molecule has 2 aromatic carbocycles. The normalized spacial score (nSPS) is 20.2. The Hall–Kier alpha value is -2.79. The molecule has 1 aliphatic carbocycles. The summed E-state index contributed by atoms with van der Waals surface area (Å²) in [5, 5.41) is 7.42. The maximum absolute atomic E-state index is 12.6. The molecular formula is C23H28N4O. The fourth-order valence-corrected chi connectivity index (χ4v) is 4.40. The predicted molar refractivity (Wildman–Crippen MR) is 113 cm³/mol. The van der Waals surface area contributed by atoms with Gasteiger partial charge in [0.05, 0.1) is 0 Å². The molecule has 0 radical (unpaired) electrons. The van der Waals surface area contributed by atoms with Crippen molar-refractivity contribution >= 4 is 16.9 Å². The van der Waals surface area contributed by atoms with Gasteiger partial charge in [0, 0.05) is 35.6 Å². The molecule has 146 valence electrons. The van der Waals surface area contributed by atoms with E-state index in [0.29, 0.717) is 19.0 Å². The second-order valence-corrected chi connectivity index (χ2v) is 7.64. The highest BCUT2D eigenvalue weighted by molar-refractivity contribution is 5.84. The van der Waals surface area contributed by atoms with Crippen LogP contribution in [-0.4, -0.2) is 30.1 Å². The second-order valence-electron chi connectivity index (χ2n) is 7.64. The minimum atomic E-state index is -0.105. The number of amides is 2. The molecule has 5 N–H and O–H groups in total. The largest absolute Gasteiger partial charge is 0.361 e. The fourth-order valence-electron chi connectivity index (χ4n) is 4.40. The molecule has 1 fully saturated rings. The molecule has 1 aromatic heterocycles. The highest BCUT2D eigenvalue weighted by Crippen LogP contribution is 2.30. The van der Waals surface area contributed by atoms with Crippen LogP contribution in [0.3, 0.4) is 0 Å². The van der Waals surface area contributed by atoms with Gasteiger partial charge < -0.3 is 21.4 Å². The van der Waals surface area contributed by atoms with Crippen LogP contribution in [0.1, 0.15) is 36.3 Å². The standard InChI is InChI=1S/C23H28N4O/c24-13-17-9-6-12-21(17)27-23(28)26-14-19(16-7-2-1-3-8-16)20-15-25-22-11-5-4-10-18(20)22/h1-5,7-8,10-11,15,17,19,21,25H,6,9,12-14,24H2,(H2,26,27,28). The number of benzene rings is 2. The summed E-state index contributed by atoms with van der Waals surface area (Å²) in [7, 11) is 0. The van der Waals surface area contributed by atoms with Gasteiger partial charge in [0.25, 0.3) is 0 Å². The van der Waals surface area contributed by atoms with Crippen LogP contribution < -0.4 is 16.4 Å². The monoisotopic (exact) mass is 376 g/mol. The minimum absolute atomic E-state index is 0.0805. The summed E-state index contributed by atoms with van der Waals surface area (Å²) in [6.07, 6.45) is 5.31. The summed E-state index contributed by atoms with van der Waals surface area (Å²) in [4.78, 5) is 15.9. The summed E-state index contributed by atoms with van der Waals surface area (Å²) in [6, 6.07) is 18.7. The number of hydrogen-bond acceptors (Lipinski definition) is 2. The summed E-state index contributed by atoms with van der Waals surface area (Å²) < 4.78 is 0. The van der Waals surface area contributed by atoms with Crippen molar-refractivity contribution in [1.82, 2.24) is 15.6 Å². The van der Waals surface area contributed by atoms with E-state index in [1.807, 2.05) is 24.3 Å². The molecule has 0 bridgehead atoms. The average Bonchev–Trinajstić information content (AvgIpc) is 3.36. The van der Waals surface area contributed by atoms with E-state index in [1.165, 1.54) is 16.5 Å². The topological polar surface area (TPSA) is 82.9 Å². The molecule has 4 rings (SSSR count). The van der Waals surface area contributed by atoms with Gasteiger partial charge in [-0.2, -0.15) is 0 Å². The third-order valence-electron chi connectivity index (χ3n) is 5.94. The lowest BCUT2D eigenvalue weighted by Crippen LogP contribution is -2.46. The van der Waals surface area contributed by atoms with Crippen LogP contribution in [0, 0.1) is 5.92 Å². The van der Waals surface area contributed by atoms with E-state index < -0.39 is 0 Å². The molecule has 0 aliphatic heterocycles. The number of rotatable bonds is 6. The Morgan fingerprint density at radius 2 is 1.89 bits per heavy atom. The van der Waals surface area contributed by atoms with Gasteiger partial charge in [0.1, 0.15) is 0 Å². The molecule has 0 saturated heterocycles. The summed E-state index contributed by atoms with van der Waals surface area (Å²) in [5.41, 5.74) is 9.34. The Kier molecular flexibility index (Phi) is 5.63. The highest BCUT2D eigenvalue weighted by atomic mass is 16.2. The van der Waals surface area contributed by atoms with Crippen molar-refractivity contribution < 1.29 is 4.79 Å². The minimum Gasteiger partial charge on any atom is -0.361 e. The molecule has 1 aliphatic rings. The van der Waals surface area contributed by atoms with Crippen molar-refractivity contribution in [3.63, 3.8) is 0 Å². The zero-order chi connectivity index (χ0) is 19.3. The van der Waals surface area contributed by atoms with Gasteiger partial charge in [0.2, 0.25) is 0 Å². The zero-order valence-corrected chi connectivity index (χ0v) is 16.0. The third-order valence-corrected chi connectivity index (χ3v) is 5.94. The molecule has 1 heterocycles. The average molecular weight is 377 g/mol. The lowest BCUT2D eigenvalue weighted by molar-refractivity contribution is 0.233. The van der Waals surface area contributed by atoms with E-state index >= 15 is 0 Å². The maximum atomic E-state index is 12.6. The van der Waals surface area contributed by atoms with Gasteiger partial charge in [-0.05, 0) is 42.5 Å². The van der Waals surface area contributed by atoms with Gasteiger partial charge in [-0.25, -0.2) is 4.79 Å². The number of carbonyl (C=O) groups is 1. The number of para-hydroxylation sites is 1. The van der Waals surface area contributed by atoms with Crippen LogP contribution >= 0.6 is 0 Å². The van der Waals surface area contributed by atoms with E-state index in [9.17, 15) is 4.79 Å². The number of H-pyrrole nitrogens is 1. The van der Waals surface area contributed by atoms with Crippen LogP contribution in [0.5, 0.6) is 0 Å². The second kappa shape index (κ2) is 8.48. The van der Waals surface area contributed by atoms with Gasteiger partial charge in [-0.3, -0.25) is 0 Å². The molecule has 2 amide bonds. The third kappa shape index (κ3) is 3.90. The van der Waals surface area contributed by atoms with Crippen LogP contribution in [-0.2, 0) is 0 Å². The first-order valence-electron chi connectivity index (χ1n) is 10.1. The molecule has 3 atom stereocenters. The summed E-state index contributed by atoms with van der Waals surface area (Å²) in [6.45, 7) is 1.17. The van der Waals surface area contributed by atoms with Crippen molar-refractivity contribution in [3.8, 4) is 0 Å². The Bertz CT molecular complexity index is 921. The van der Waals surface area contributed by atoms with E-state index in [0.717, 1.165) is 24.8 Å². The van der Waals surface area contributed by atoms with Gasteiger partial charge in [-0.15, -0.1) is 0 Å². The van der Waals surface area contributed by atoms with Crippen molar-refractivity contribution in [2.75, 3.05) is 13.1 Å². The van der Waals surface area contributed by atoms with Crippen molar-refractivity contribution in [2.24, 2.45) is 11.7 Å². The Balaban J connectivity index is 1.51. The number of fused-ring (bicyclic) bond motifs is 1. The van der Waals surface area contributed by atoms with Crippen LogP contribution in [0.2, 0.25) is 0 Å². The number of nitrogens with one attached hydrogen (secondary N) is 3. The molecule has 5 heteroatoms. The van der Waals surface area contributed by atoms with Crippen molar-refractivity contribution in [1.29, 1.82) is 0 Å². The van der Waals surface area contributed by atoms with Crippen LogP contribution in [0.4, 0.5) is 4.79 Å². The van der Waals surface area contributed by atoms with E-state index in [-0.39, 0.29) is 18.0 Å². The maximum Gasteiger partial charge on any atom is 0.315 e. The van der Waals surface area contributed by atoms with Crippen LogP contribution in [0.25, 0.3) is 10.9 Å². The molecule has 3 unspecified atom stereocenters. The SMILES string of the molecule is NCC1CCCC1NC(=O)NCC(c1ccccc1)c1c[nH]c2ccccc12. The van der Waals surface area contributed by atoms with Crippen molar-refractivity contribution in [3.05, 3.63) is 71.9 Å². The smallest absolute Gasteiger partial charge is 0.315 e. The summed E-state index contributed by atoms with van der Waals surface area (Å²) >= 11 is 0. The predicted octanol–water partition coefficient (Wildman–Crippen LogP) is 3.73. The Labute approximate surface area is 165 Å². The number of urea groups is 1.